The molecule has 0 atom stereocenters. The van der Waals surface area contributed by atoms with Gasteiger partial charge in [-0.3, -0.25) is 0 Å². The van der Waals surface area contributed by atoms with Gasteiger partial charge in [0, 0.05) is 0 Å². The molecule has 0 saturated heterocycles. The molecule has 0 unspecified atom stereocenters. The lowest BCUT2D eigenvalue weighted by Gasteiger charge is -2.05. The Bertz CT molecular complexity index is 637. The number of hydrogen-bond acceptors (Lipinski definition) is 0. The Hall–Kier alpha value is -2.34. The van der Waals surface area contributed by atoms with E-state index in [2.05, 4.69) is 87.2 Å². The van der Waals surface area contributed by atoms with Crippen LogP contribution < -0.4 is 0 Å². The van der Waals surface area contributed by atoms with E-state index in [1.54, 1.807) is 0 Å². The number of benzene rings is 2. The molecular formula is C21H22. The maximum atomic E-state index is 3.78. The lowest BCUT2D eigenvalue weighted by atomic mass is 10.00. The number of hydrogen-bond donors (Lipinski definition) is 0. The van der Waals surface area contributed by atoms with Gasteiger partial charge < -0.3 is 0 Å². The van der Waals surface area contributed by atoms with Crippen molar-refractivity contribution in [3.8, 4) is 11.1 Å². The zero-order valence-electron chi connectivity index (χ0n) is 12.8. The van der Waals surface area contributed by atoms with Crippen molar-refractivity contribution in [1.82, 2.24) is 0 Å². The third kappa shape index (κ3) is 4.06. The summed E-state index contributed by atoms with van der Waals surface area (Å²) in [5.74, 6) is 0. The van der Waals surface area contributed by atoms with E-state index < -0.39 is 0 Å². The second kappa shape index (κ2) is 7.44. The monoisotopic (exact) mass is 274 g/mol. The zero-order valence-corrected chi connectivity index (χ0v) is 12.8. The van der Waals surface area contributed by atoms with Crippen molar-refractivity contribution >= 4 is 11.6 Å². The van der Waals surface area contributed by atoms with Crippen molar-refractivity contribution in [3.63, 3.8) is 0 Å². The fraction of sp³-hybridized carbons (Fsp3) is 0.143. The SMILES string of the molecule is C=Cc1ccc(-c2ccc(/C(C)=C/C=C\CC)cc2)cc1. The highest BCUT2D eigenvalue weighted by molar-refractivity contribution is 5.71. The quantitative estimate of drug-likeness (QED) is 0.556. The molecule has 0 aliphatic carbocycles. The summed E-state index contributed by atoms with van der Waals surface area (Å²) < 4.78 is 0. The van der Waals surface area contributed by atoms with Gasteiger partial charge in [0.1, 0.15) is 0 Å². The molecule has 0 nitrogen and oxygen atoms in total. The van der Waals surface area contributed by atoms with E-state index in [-0.39, 0.29) is 0 Å². The van der Waals surface area contributed by atoms with Crippen LogP contribution in [0.4, 0.5) is 0 Å². The van der Waals surface area contributed by atoms with Crippen LogP contribution in [0.5, 0.6) is 0 Å². The summed E-state index contributed by atoms with van der Waals surface area (Å²) in [5, 5.41) is 0. The van der Waals surface area contributed by atoms with E-state index in [9.17, 15) is 0 Å². The highest BCUT2D eigenvalue weighted by Crippen LogP contribution is 2.23. The molecule has 2 rings (SSSR count). The van der Waals surface area contributed by atoms with E-state index in [1.165, 1.54) is 22.3 Å². The van der Waals surface area contributed by atoms with Crippen LogP contribution in [-0.2, 0) is 0 Å². The normalized spacial score (nSPS) is 11.8. The number of rotatable bonds is 5. The molecule has 0 amide bonds. The van der Waals surface area contributed by atoms with Crippen LogP contribution in [0.1, 0.15) is 31.4 Å². The van der Waals surface area contributed by atoms with Gasteiger partial charge in [0.15, 0.2) is 0 Å². The van der Waals surface area contributed by atoms with Crippen molar-refractivity contribution in [1.29, 1.82) is 0 Å². The third-order valence-electron chi connectivity index (χ3n) is 3.54. The minimum Gasteiger partial charge on any atom is -0.0985 e. The highest BCUT2D eigenvalue weighted by Gasteiger charge is 1.99. The van der Waals surface area contributed by atoms with Gasteiger partial charge in [-0.25, -0.2) is 0 Å². The topological polar surface area (TPSA) is 0 Å². The first kappa shape index (κ1) is 15.1. The molecule has 0 heteroatoms. The predicted octanol–water partition coefficient (Wildman–Crippen LogP) is 6.37. The van der Waals surface area contributed by atoms with Gasteiger partial charge in [0.25, 0.3) is 0 Å². The van der Waals surface area contributed by atoms with Gasteiger partial charge >= 0.3 is 0 Å². The van der Waals surface area contributed by atoms with Gasteiger partial charge in [0.2, 0.25) is 0 Å². The van der Waals surface area contributed by atoms with Gasteiger partial charge in [-0.15, -0.1) is 0 Å². The first-order valence-electron chi connectivity index (χ1n) is 7.41. The fourth-order valence-electron chi connectivity index (χ4n) is 2.18. The summed E-state index contributed by atoms with van der Waals surface area (Å²) in [6, 6.07) is 17.2. The minimum absolute atomic E-state index is 1.07. The zero-order chi connectivity index (χ0) is 15.1. The Kier molecular flexibility index (Phi) is 5.34. The summed E-state index contributed by atoms with van der Waals surface area (Å²) in [5.41, 5.74) is 6.18. The summed E-state index contributed by atoms with van der Waals surface area (Å²) in [6.07, 6.45) is 9.39. The molecule has 0 spiro atoms. The van der Waals surface area contributed by atoms with Crippen molar-refractivity contribution in [2.24, 2.45) is 0 Å². The van der Waals surface area contributed by atoms with Gasteiger partial charge in [-0.2, -0.15) is 0 Å². The molecule has 0 N–H and O–H groups in total. The fourth-order valence-corrected chi connectivity index (χ4v) is 2.18. The second-order valence-electron chi connectivity index (χ2n) is 5.09. The van der Waals surface area contributed by atoms with Crippen molar-refractivity contribution in [2.45, 2.75) is 20.3 Å². The lowest BCUT2D eigenvalue weighted by Crippen LogP contribution is -1.82. The van der Waals surface area contributed by atoms with Crippen LogP contribution in [-0.4, -0.2) is 0 Å². The first-order chi connectivity index (χ1) is 10.2. The molecular weight excluding hydrogens is 252 g/mol. The largest absolute Gasteiger partial charge is 0.0985 e. The van der Waals surface area contributed by atoms with Crippen LogP contribution in [0.15, 0.2) is 73.3 Å². The first-order valence-corrected chi connectivity index (χ1v) is 7.41. The Morgan fingerprint density at radius 3 is 2.05 bits per heavy atom. The highest BCUT2D eigenvalue weighted by atomic mass is 14.0. The molecule has 21 heavy (non-hydrogen) atoms. The lowest BCUT2D eigenvalue weighted by molar-refractivity contribution is 1.22. The van der Waals surface area contributed by atoms with Crippen LogP contribution in [0.3, 0.4) is 0 Å². The maximum absolute atomic E-state index is 3.78. The molecule has 0 saturated carbocycles. The van der Waals surface area contributed by atoms with Crippen LogP contribution in [0, 0.1) is 0 Å². The molecule has 0 fully saturated rings. The smallest absolute Gasteiger partial charge is 0.0184 e. The average Bonchev–Trinajstić information content (AvgIpc) is 2.55. The predicted molar refractivity (Wildman–Crippen MR) is 95.1 cm³/mol. The van der Waals surface area contributed by atoms with Gasteiger partial charge in [-0.1, -0.05) is 86.3 Å². The minimum atomic E-state index is 1.07. The van der Waals surface area contributed by atoms with Crippen molar-refractivity contribution in [2.75, 3.05) is 0 Å². The van der Waals surface area contributed by atoms with Gasteiger partial charge in [-0.05, 0) is 41.2 Å². The molecule has 106 valence electrons. The Morgan fingerprint density at radius 1 is 0.952 bits per heavy atom. The van der Waals surface area contributed by atoms with Gasteiger partial charge in [0.05, 0.1) is 0 Å². The van der Waals surface area contributed by atoms with Crippen molar-refractivity contribution < 1.29 is 0 Å². The molecule has 0 aliphatic rings. The third-order valence-corrected chi connectivity index (χ3v) is 3.54. The Balaban J connectivity index is 2.19. The molecule has 0 bridgehead atoms. The van der Waals surface area contributed by atoms with E-state index in [0.717, 1.165) is 12.0 Å². The average molecular weight is 274 g/mol. The Labute approximate surface area is 128 Å². The van der Waals surface area contributed by atoms with Crippen LogP contribution in [0.2, 0.25) is 0 Å². The molecule has 2 aromatic carbocycles. The van der Waals surface area contributed by atoms with E-state index >= 15 is 0 Å². The second-order valence-corrected chi connectivity index (χ2v) is 5.09. The molecule has 2 aromatic rings. The summed E-state index contributed by atoms with van der Waals surface area (Å²) in [4.78, 5) is 0. The molecule has 0 heterocycles. The molecule has 0 aliphatic heterocycles. The van der Waals surface area contributed by atoms with E-state index in [4.69, 9.17) is 0 Å². The van der Waals surface area contributed by atoms with E-state index in [1.807, 2.05) is 6.08 Å². The molecule has 0 aromatic heterocycles. The standard InChI is InChI=1S/C21H22/c1-4-6-7-8-17(3)19-13-15-21(16-14-19)20-11-9-18(5-2)10-12-20/h5-16H,2,4H2,1,3H3/b7-6-,17-8+. The summed E-state index contributed by atoms with van der Waals surface area (Å²) in [7, 11) is 0. The molecule has 0 radical (unpaired) electrons. The van der Waals surface area contributed by atoms with Crippen LogP contribution >= 0.6 is 0 Å². The summed E-state index contributed by atoms with van der Waals surface area (Å²) in [6.45, 7) is 8.07. The number of allylic oxidation sites excluding steroid dienone is 4. The maximum Gasteiger partial charge on any atom is -0.0184 e. The van der Waals surface area contributed by atoms with E-state index in [0.29, 0.717) is 0 Å². The van der Waals surface area contributed by atoms with Crippen LogP contribution in [0.25, 0.3) is 22.8 Å². The van der Waals surface area contributed by atoms with Crippen molar-refractivity contribution in [3.05, 3.63) is 84.5 Å². The Morgan fingerprint density at radius 2 is 1.52 bits per heavy atom. The summed E-state index contributed by atoms with van der Waals surface area (Å²) >= 11 is 0.